The average Bonchev–Trinajstić information content (AvgIpc) is 2.62. The highest BCUT2D eigenvalue weighted by atomic mass is 16.5. The minimum atomic E-state index is -0.658. The monoisotopic (exact) mass is 365 g/mol. The summed E-state index contributed by atoms with van der Waals surface area (Å²) in [6.45, 7) is 5.15. The van der Waals surface area contributed by atoms with Crippen LogP contribution in [0.15, 0.2) is 30.3 Å². The fourth-order valence-electron chi connectivity index (χ4n) is 3.39. The zero-order valence-electron chi connectivity index (χ0n) is 16.1. The Morgan fingerprint density at radius 3 is 2.58 bits per heavy atom. The van der Waals surface area contributed by atoms with Crippen molar-refractivity contribution < 1.29 is 23.7 Å². The third-order valence-corrected chi connectivity index (χ3v) is 5.19. The number of carbonyl (C=O) groups excluding carboxylic acids is 1. The molecule has 4 atom stereocenters. The van der Waals surface area contributed by atoms with Gasteiger partial charge in [0.2, 0.25) is 5.91 Å². The molecule has 1 aliphatic rings. The number of hydrogen-bond donors (Lipinski definition) is 1. The molecule has 0 aliphatic carbocycles. The first kappa shape index (κ1) is 20.8. The Hall–Kier alpha value is -1.47. The number of ether oxygens (including phenoxy) is 4. The van der Waals surface area contributed by atoms with Gasteiger partial charge in [-0.05, 0) is 5.56 Å². The first-order valence-electron chi connectivity index (χ1n) is 9.00. The van der Waals surface area contributed by atoms with Crippen LogP contribution in [0.25, 0.3) is 0 Å². The lowest BCUT2D eigenvalue weighted by Crippen LogP contribution is -2.55. The fraction of sp³-hybridized carbons (Fsp3) is 0.650. The van der Waals surface area contributed by atoms with Gasteiger partial charge in [0.25, 0.3) is 0 Å². The van der Waals surface area contributed by atoms with E-state index in [2.05, 4.69) is 13.8 Å². The summed E-state index contributed by atoms with van der Waals surface area (Å²) >= 11 is 0. The van der Waals surface area contributed by atoms with Crippen molar-refractivity contribution in [2.75, 3.05) is 20.8 Å². The number of nitrogens with two attached hydrogens (primary N) is 1. The van der Waals surface area contributed by atoms with Crippen LogP contribution in [0, 0.1) is 5.41 Å². The second-order valence-corrected chi connectivity index (χ2v) is 7.41. The Balaban J connectivity index is 2.12. The number of hydrogen-bond acceptors (Lipinski definition) is 5. The van der Waals surface area contributed by atoms with Crippen molar-refractivity contribution in [3.63, 3.8) is 0 Å². The number of carbonyl (C=O) groups is 1. The Labute approximate surface area is 155 Å². The molecule has 2 N–H and O–H groups in total. The summed E-state index contributed by atoms with van der Waals surface area (Å²) in [5, 5.41) is 0. The highest BCUT2D eigenvalue weighted by Crippen LogP contribution is 2.41. The van der Waals surface area contributed by atoms with Crippen LogP contribution in [0.3, 0.4) is 0 Å². The molecular weight excluding hydrogens is 334 g/mol. The van der Waals surface area contributed by atoms with Gasteiger partial charge in [-0.3, -0.25) is 4.79 Å². The highest BCUT2D eigenvalue weighted by Gasteiger charge is 2.47. The number of rotatable bonds is 9. The van der Waals surface area contributed by atoms with Gasteiger partial charge in [-0.1, -0.05) is 44.2 Å². The van der Waals surface area contributed by atoms with E-state index in [1.54, 1.807) is 14.2 Å². The molecule has 1 aromatic carbocycles. The first-order valence-corrected chi connectivity index (χ1v) is 9.00. The van der Waals surface area contributed by atoms with Gasteiger partial charge in [0.1, 0.15) is 6.10 Å². The van der Waals surface area contributed by atoms with E-state index in [1.165, 1.54) is 0 Å². The zero-order chi connectivity index (χ0) is 19.2. The predicted molar refractivity (Wildman–Crippen MR) is 98.6 cm³/mol. The number of methoxy groups -OCH3 is 2. The molecule has 2 rings (SSSR count). The second-order valence-electron chi connectivity index (χ2n) is 7.41. The van der Waals surface area contributed by atoms with Crippen molar-refractivity contribution >= 4 is 5.91 Å². The largest absolute Gasteiger partial charge is 0.382 e. The summed E-state index contributed by atoms with van der Waals surface area (Å²) in [5.41, 5.74) is 6.33. The number of amides is 1. The predicted octanol–water partition coefficient (Wildman–Crippen LogP) is 2.29. The minimum Gasteiger partial charge on any atom is -0.382 e. The Morgan fingerprint density at radius 1 is 1.31 bits per heavy atom. The molecule has 6 heteroatoms. The van der Waals surface area contributed by atoms with Gasteiger partial charge in [-0.25, -0.2) is 0 Å². The third kappa shape index (κ3) is 5.27. The van der Waals surface area contributed by atoms with E-state index in [9.17, 15) is 4.79 Å². The van der Waals surface area contributed by atoms with Gasteiger partial charge in [-0.2, -0.15) is 0 Å². The van der Waals surface area contributed by atoms with E-state index < -0.39 is 12.0 Å². The van der Waals surface area contributed by atoms with Crippen molar-refractivity contribution in [3.8, 4) is 0 Å². The van der Waals surface area contributed by atoms with Gasteiger partial charge in [0.15, 0.2) is 0 Å². The maximum absolute atomic E-state index is 11.8. The summed E-state index contributed by atoms with van der Waals surface area (Å²) in [6, 6.07) is 9.99. The van der Waals surface area contributed by atoms with Crippen molar-refractivity contribution in [1.82, 2.24) is 0 Å². The lowest BCUT2D eigenvalue weighted by Gasteiger charge is -2.47. The van der Waals surface area contributed by atoms with E-state index in [4.69, 9.17) is 24.7 Å². The van der Waals surface area contributed by atoms with Crippen LogP contribution in [-0.4, -0.2) is 51.1 Å². The van der Waals surface area contributed by atoms with Crippen molar-refractivity contribution in [3.05, 3.63) is 35.9 Å². The molecule has 0 aromatic heterocycles. The molecule has 0 radical (unpaired) electrons. The third-order valence-electron chi connectivity index (χ3n) is 5.19. The maximum atomic E-state index is 11.8. The molecule has 1 heterocycles. The SMILES string of the molecule is COC[C@H](C[C@H]1O[C@H](C(N)=O)C[C@@H](OCc2ccccc2)C1(C)C)OC. The molecule has 26 heavy (non-hydrogen) atoms. The van der Waals surface area contributed by atoms with Gasteiger partial charge in [-0.15, -0.1) is 0 Å². The summed E-state index contributed by atoms with van der Waals surface area (Å²) in [5.74, 6) is -0.459. The van der Waals surface area contributed by atoms with Gasteiger partial charge in [0, 0.05) is 32.5 Å². The summed E-state index contributed by atoms with van der Waals surface area (Å²) < 4.78 is 22.9. The lowest BCUT2D eigenvalue weighted by molar-refractivity contribution is -0.203. The Morgan fingerprint density at radius 2 is 2.00 bits per heavy atom. The molecule has 1 amide bonds. The van der Waals surface area contributed by atoms with Crippen LogP contribution < -0.4 is 5.73 Å². The molecular formula is C20H31NO5. The molecule has 0 unspecified atom stereocenters. The van der Waals surface area contributed by atoms with Crippen LogP contribution in [0.4, 0.5) is 0 Å². The quantitative estimate of drug-likeness (QED) is 0.726. The van der Waals surface area contributed by atoms with E-state index in [0.717, 1.165) is 5.56 Å². The molecule has 1 aliphatic heterocycles. The standard InChI is InChI=1S/C20H31NO5/c1-20(2)17(25-12-14-8-6-5-7-9-14)11-16(19(21)22)26-18(20)10-15(24-4)13-23-3/h5-9,15-18H,10-13H2,1-4H3,(H2,21,22)/t15-,16-,17+,18+/m0/s1. The van der Waals surface area contributed by atoms with Gasteiger partial charge < -0.3 is 24.7 Å². The summed E-state index contributed by atoms with van der Waals surface area (Å²) in [4.78, 5) is 11.8. The van der Waals surface area contributed by atoms with Gasteiger partial charge >= 0.3 is 0 Å². The Bertz CT molecular complexity index is 563. The van der Waals surface area contributed by atoms with Crippen LogP contribution >= 0.6 is 0 Å². The molecule has 146 valence electrons. The van der Waals surface area contributed by atoms with Crippen molar-refractivity contribution in [2.45, 2.75) is 57.7 Å². The van der Waals surface area contributed by atoms with E-state index in [1.807, 2.05) is 30.3 Å². The number of benzene rings is 1. The first-order chi connectivity index (χ1) is 12.4. The van der Waals surface area contributed by atoms with Crippen molar-refractivity contribution in [2.24, 2.45) is 11.1 Å². The smallest absolute Gasteiger partial charge is 0.246 e. The lowest BCUT2D eigenvalue weighted by atomic mass is 9.74. The molecule has 0 bridgehead atoms. The minimum absolute atomic E-state index is 0.120. The summed E-state index contributed by atoms with van der Waals surface area (Å²) in [6.07, 6.45) is -0.104. The topological polar surface area (TPSA) is 80.0 Å². The van der Waals surface area contributed by atoms with E-state index >= 15 is 0 Å². The van der Waals surface area contributed by atoms with Crippen LogP contribution in [0.5, 0.6) is 0 Å². The summed E-state index contributed by atoms with van der Waals surface area (Å²) in [7, 11) is 3.28. The highest BCUT2D eigenvalue weighted by molar-refractivity contribution is 5.79. The average molecular weight is 365 g/mol. The van der Waals surface area contributed by atoms with Crippen LogP contribution in [0.1, 0.15) is 32.3 Å². The molecule has 0 saturated carbocycles. The molecule has 6 nitrogen and oxygen atoms in total. The molecule has 0 spiro atoms. The normalized spacial score (nSPS) is 26.4. The molecule has 1 aromatic rings. The van der Waals surface area contributed by atoms with E-state index in [0.29, 0.717) is 26.1 Å². The maximum Gasteiger partial charge on any atom is 0.246 e. The van der Waals surface area contributed by atoms with E-state index in [-0.39, 0.29) is 23.7 Å². The van der Waals surface area contributed by atoms with Gasteiger partial charge in [0.05, 0.1) is 31.5 Å². The number of primary amides is 1. The molecule has 1 saturated heterocycles. The van der Waals surface area contributed by atoms with Crippen LogP contribution in [0.2, 0.25) is 0 Å². The zero-order valence-corrected chi connectivity index (χ0v) is 16.1. The Kier molecular flexibility index (Phi) is 7.58. The van der Waals surface area contributed by atoms with Crippen molar-refractivity contribution in [1.29, 1.82) is 0 Å². The fourth-order valence-corrected chi connectivity index (χ4v) is 3.39. The second kappa shape index (κ2) is 9.46. The molecule has 1 fully saturated rings. The van der Waals surface area contributed by atoms with Crippen LogP contribution in [-0.2, 0) is 30.3 Å².